The Balaban J connectivity index is 2.14. The Hall–Kier alpha value is -1.51. The third-order valence-corrected chi connectivity index (χ3v) is 4.18. The molecular formula is C12H9N3S2. The Kier molecular flexibility index (Phi) is 2.75. The van der Waals surface area contributed by atoms with Gasteiger partial charge >= 0.3 is 0 Å². The largest absolute Gasteiger partial charge is 0.260 e. The molecule has 2 heterocycles. The number of rotatable bonds is 2. The molecule has 0 fully saturated rings. The maximum atomic E-state index is 4.20. The lowest BCUT2D eigenvalue weighted by atomic mass is 10.3. The maximum Gasteiger partial charge on any atom is 0.217 e. The summed E-state index contributed by atoms with van der Waals surface area (Å²) < 4.78 is 3.34. The first-order chi connectivity index (χ1) is 8.40. The fourth-order valence-electron chi connectivity index (χ4n) is 1.62. The van der Waals surface area contributed by atoms with E-state index in [-0.39, 0.29) is 0 Å². The van der Waals surface area contributed by atoms with E-state index in [1.807, 2.05) is 19.1 Å². The molecule has 0 aliphatic heterocycles. The number of fused-ring (bicyclic) bond motifs is 3. The second-order valence-corrected chi connectivity index (χ2v) is 5.34. The quantitative estimate of drug-likeness (QED) is 0.523. The molecule has 0 saturated carbocycles. The zero-order valence-corrected chi connectivity index (χ0v) is 10.8. The molecule has 0 saturated heterocycles. The van der Waals surface area contributed by atoms with Crippen LogP contribution in [0.25, 0.3) is 15.2 Å². The van der Waals surface area contributed by atoms with Crippen LogP contribution in [-0.4, -0.2) is 20.4 Å². The molecule has 0 bridgehead atoms. The van der Waals surface area contributed by atoms with Gasteiger partial charge in [-0.15, -0.1) is 16.1 Å². The fourth-order valence-corrected chi connectivity index (χ4v) is 3.40. The van der Waals surface area contributed by atoms with Crippen molar-refractivity contribution in [3.05, 3.63) is 24.3 Å². The minimum atomic E-state index is 0.751. The number of aromatic nitrogens is 3. The van der Waals surface area contributed by atoms with E-state index in [0.29, 0.717) is 0 Å². The Labute approximate surface area is 107 Å². The van der Waals surface area contributed by atoms with Crippen molar-refractivity contribution in [2.75, 3.05) is 5.75 Å². The number of benzene rings is 1. The highest BCUT2D eigenvalue weighted by Gasteiger charge is 2.11. The van der Waals surface area contributed by atoms with Crippen molar-refractivity contribution in [1.82, 2.24) is 14.6 Å². The molecule has 3 aromatic rings. The topological polar surface area (TPSA) is 30.2 Å². The maximum absolute atomic E-state index is 4.20. The monoisotopic (exact) mass is 259 g/mol. The first kappa shape index (κ1) is 10.6. The molecule has 17 heavy (non-hydrogen) atoms. The van der Waals surface area contributed by atoms with Crippen molar-refractivity contribution in [1.29, 1.82) is 0 Å². The highest BCUT2D eigenvalue weighted by molar-refractivity contribution is 7.99. The third-order valence-electron chi connectivity index (χ3n) is 2.36. The van der Waals surface area contributed by atoms with Crippen LogP contribution in [0, 0.1) is 11.8 Å². The van der Waals surface area contributed by atoms with Gasteiger partial charge < -0.3 is 0 Å². The van der Waals surface area contributed by atoms with Gasteiger partial charge in [-0.1, -0.05) is 41.2 Å². The molecule has 2 aromatic heterocycles. The van der Waals surface area contributed by atoms with Gasteiger partial charge in [0.15, 0.2) is 5.16 Å². The van der Waals surface area contributed by atoms with Crippen LogP contribution in [0.4, 0.5) is 0 Å². The van der Waals surface area contributed by atoms with Crippen LogP contribution in [0.1, 0.15) is 6.92 Å². The minimum absolute atomic E-state index is 0.751. The Morgan fingerprint density at radius 3 is 3.12 bits per heavy atom. The van der Waals surface area contributed by atoms with Crippen molar-refractivity contribution in [2.24, 2.45) is 0 Å². The first-order valence-electron chi connectivity index (χ1n) is 5.15. The van der Waals surface area contributed by atoms with Gasteiger partial charge in [0, 0.05) is 0 Å². The van der Waals surface area contributed by atoms with Gasteiger partial charge in [-0.3, -0.25) is 4.40 Å². The molecule has 84 valence electrons. The van der Waals surface area contributed by atoms with E-state index >= 15 is 0 Å². The van der Waals surface area contributed by atoms with Crippen molar-refractivity contribution < 1.29 is 0 Å². The van der Waals surface area contributed by atoms with Gasteiger partial charge in [0.25, 0.3) is 0 Å². The summed E-state index contributed by atoms with van der Waals surface area (Å²) in [6.07, 6.45) is 0. The molecule has 5 heteroatoms. The molecule has 0 unspecified atom stereocenters. The predicted molar refractivity (Wildman–Crippen MR) is 72.5 cm³/mol. The zero-order chi connectivity index (χ0) is 11.7. The van der Waals surface area contributed by atoms with Crippen molar-refractivity contribution in [3.8, 4) is 11.8 Å². The van der Waals surface area contributed by atoms with Gasteiger partial charge in [0.1, 0.15) is 0 Å². The molecule has 0 amide bonds. The summed E-state index contributed by atoms with van der Waals surface area (Å²) in [7, 11) is 0. The predicted octanol–water partition coefficient (Wildman–Crippen LogP) is 3.06. The van der Waals surface area contributed by atoms with Crippen molar-refractivity contribution >= 4 is 38.3 Å². The van der Waals surface area contributed by atoms with E-state index in [0.717, 1.165) is 15.9 Å². The highest BCUT2D eigenvalue weighted by Crippen LogP contribution is 2.29. The number of thiazole rings is 1. The smallest absolute Gasteiger partial charge is 0.217 e. The third kappa shape index (κ3) is 1.79. The first-order valence-corrected chi connectivity index (χ1v) is 6.95. The highest BCUT2D eigenvalue weighted by atomic mass is 32.2. The van der Waals surface area contributed by atoms with Crippen LogP contribution in [0.2, 0.25) is 0 Å². The van der Waals surface area contributed by atoms with Crippen LogP contribution in [-0.2, 0) is 0 Å². The molecule has 0 atom stereocenters. The van der Waals surface area contributed by atoms with Crippen LogP contribution >= 0.6 is 23.1 Å². The summed E-state index contributed by atoms with van der Waals surface area (Å²) in [5.41, 5.74) is 1.17. The normalized spacial score (nSPS) is 10.6. The van der Waals surface area contributed by atoms with Gasteiger partial charge in [0.05, 0.1) is 16.0 Å². The van der Waals surface area contributed by atoms with Crippen LogP contribution < -0.4 is 0 Å². The molecule has 1 aromatic carbocycles. The van der Waals surface area contributed by atoms with Crippen LogP contribution in [0.3, 0.4) is 0 Å². The van der Waals surface area contributed by atoms with E-state index in [9.17, 15) is 0 Å². The summed E-state index contributed by atoms with van der Waals surface area (Å²) in [6.45, 7) is 1.85. The molecule has 0 aliphatic carbocycles. The molecule has 0 spiro atoms. The van der Waals surface area contributed by atoms with Gasteiger partial charge in [-0.05, 0) is 19.1 Å². The number of hydrogen-bond donors (Lipinski definition) is 0. The lowest BCUT2D eigenvalue weighted by molar-refractivity contribution is 0.943. The lowest BCUT2D eigenvalue weighted by Crippen LogP contribution is -1.85. The summed E-state index contributed by atoms with van der Waals surface area (Å²) in [5, 5.41) is 9.31. The molecule has 0 N–H and O–H groups in total. The fraction of sp³-hybridized carbons (Fsp3) is 0.167. The molecular weight excluding hydrogens is 250 g/mol. The van der Waals surface area contributed by atoms with Crippen LogP contribution in [0.15, 0.2) is 29.4 Å². The Morgan fingerprint density at radius 2 is 2.24 bits per heavy atom. The van der Waals surface area contributed by atoms with E-state index < -0.39 is 0 Å². The summed E-state index contributed by atoms with van der Waals surface area (Å²) >= 11 is 3.28. The summed E-state index contributed by atoms with van der Waals surface area (Å²) in [4.78, 5) is 0.943. The van der Waals surface area contributed by atoms with E-state index in [1.165, 1.54) is 10.2 Å². The van der Waals surface area contributed by atoms with E-state index in [2.05, 4.69) is 38.6 Å². The summed E-state index contributed by atoms with van der Waals surface area (Å²) in [6, 6.07) is 8.28. The van der Waals surface area contributed by atoms with Gasteiger partial charge in [-0.2, -0.15) is 0 Å². The van der Waals surface area contributed by atoms with Gasteiger partial charge in [0.2, 0.25) is 4.96 Å². The molecule has 3 nitrogen and oxygen atoms in total. The standard InChI is InChI=1S/C12H9N3S2/c1-2-3-8-16-11-13-14-12-15(11)9-6-4-5-7-10(9)17-12/h4-7H,8H2,1H3. The molecule has 0 radical (unpaired) electrons. The number of nitrogens with zero attached hydrogens (tertiary/aromatic N) is 3. The van der Waals surface area contributed by atoms with Crippen LogP contribution in [0.5, 0.6) is 0 Å². The number of para-hydroxylation sites is 1. The van der Waals surface area contributed by atoms with Crippen molar-refractivity contribution in [2.45, 2.75) is 12.1 Å². The minimum Gasteiger partial charge on any atom is -0.260 e. The van der Waals surface area contributed by atoms with E-state index in [1.54, 1.807) is 23.1 Å². The Bertz CT molecular complexity index is 730. The Morgan fingerprint density at radius 1 is 1.35 bits per heavy atom. The SMILES string of the molecule is CC#CCSc1nnc2sc3ccccc3n12. The zero-order valence-electron chi connectivity index (χ0n) is 9.17. The average Bonchev–Trinajstić information content (AvgIpc) is 2.89. The second kappa shape index (κ2) is 4.40. The number of thioether (sulfide) groups is 1. The molecule has 3 rings (SSSR count). The number of hydrogen-bond acceptors (Lipinski definition) is 4. The van der Waals surface area contributed by atoms with Crippen molar-refractivity contribution in [3.63, 3.8) is 0 Å². The molecule has 0 aliphatic rings. The lowest BCUT2D eigenvalue weighted by Gasteiger charge is -1.94. The average molecular weight is 259 g/mol. The summed E-state index contributed by atoms with van der Waals surface area (Å²) in [5.74, 6) is 6.66. The van der Waals surface area contributed by atoms with E-state index in [4.69, 9.17) is 0 Å². The van der Waals surface area contributed by atoms with Gasteiger partial charge in [-0.25, -0.2) is 0 Å². The second-order valence-electron chi connectivity index (χ2n) is 3.39.